The van der Waals surface area contributed by atoms with E-state index < -0.39 is 0 Å². The third-order valence-corrected chi connectivity index (χ3v) is 11.1. The van der Waals surface area contributed by atoms with Crippen molar-refractivity contribution < 1.29 is 8.83 Å². The highest BCUT2D eigenvalue weighted by Crippen LogP contribution is 2.43. The molecule has 0 bridgehead atoms. The van der Waals surface area contributed by atoms with Crippen LogP contribution in [0.25, 0.3) is 110 Å². The Bertz CT molecular complexity index is 3430. The maximum absolute atomic E-state index is 6.57. The van der Waals surface area contributed by atoms with Crippen LogP contribution in [-0.4, -0.2) is 9.13 Å². The van der Waals surface area contributed by atoms with E-state index in [4.69, 9.17) is 8.83 Å². The van der Waals surface area contributed by atoms with Crippen LogP contribution in [0.15, 0.2) is 191 Å². The van der Waals surface area contributed by atoms with E-state index in [0.717, 1.165) is 83.1 Å². The van der Waals surface area contributed by atoms with Gasteiger partial charge in [0.25, 0.3) is 0 Å². The van der Waals surface area contributed by atoms with Crippen molar-refractivity contribution in [1.29, 1.82) is 0 Å². The number of rotatable bonds is 4. The maximum atomic E-state index is 6.57. The second-order valence-electron chi connectivity index (χ2n) is 14.1. The summed E-state index contributed by atoms with van der Waals surface area (Å²) in [5, 5.41) is 8.06. The van der Waals surface area contributed by atoms with E-state index in [9.17, 15) is 0 Å². The summed E-state index contributed by atoms with van der Waals surface area (Å²) >= 11 is 0. The van der Waals surface area contributed by atoms with Gasteiger partial charge in [0.2, 0.25) is 5.71 Å². The Balaban J connectivity index is 1.12. The van der Waals surface area contributed by atoms with Gasteiger partial charge in [-0.25, -0.2) is 0 Å². The fourth-order valence-electron chi connectivity index (χ4n) is 8.65. The number of para-hydroxylation sites is 3. The maximum Gasteiger partial charge on any atom is 0.213 e. The Labute approximate surface area is 309 Å². The van der Waals surface area contributed by atoms with Crippen LogP contribution in [0.2, 0.25) is 0 Å². The molecule has 8 aromatic carbocycles. The van der Waals surface area contributed by atoms with Gasteiger partial charge < -0.3 is 13.4 Å². The van der Waals surface area contributed by atoms with E-state index in [2.05, 4.69) is 179 Å². The molecule has 0 aliphatic rings. The smallest absolute Gasteiger partial charge is 0.213 e. The molecular formula is C50H30N2O2. The third-order valence-electron chi connectivity index (χ3n) is 11.1. The van der Waals surface area contributed by atoms with Crippen molar-refractivity contribution in [2.24, 2.45) is 0 Å². The highest BCUT2D eigenvalue weighted by Gasteiger charge is 2.21. The standard InChI is InChI=1S/C50H30N2O2/c1-3-12-31(13-4-1)32-14-11-17-36(26-32)51-43-24-22-33(27-39(43)40-29-41-37-18-7-9-20-46(37)53-48(41)30-45(40)51)34-23-25-44-42(28-34)49-38-19-8-10-21-47(38)54-50(49)52(44)35-15-5-2-6-16-35/h1-30H. The average Bonchev–Trinajstić information content (AvgIpc) is 3.97. The number of hydrogen-bond donors (Lipinski definition) is 0. The summed E-state index contributed by atoms with van der Waals surface area (Å²) < 4.78 is 17.6. The number of aromatic nitrogens is 2. The molecule has 54 heavy (non-hydrogen) atoms. The molecular weight excluding hydrogens is 661 g/mol. The first-order valence-electron chi connectivity index (χ1n) is 18.3. The first-order valence-corrected chi connectivity index (χ1v) is 18.3. The zero-order chi connectivity index (χ0) is 35.3. The Kier molecular flexibility index (Phi) is 6.02. The lowest BCUT2D eigenvalue weighted by molar-refractivity contribution is 0.645. The van der Waals surface area contributed by atoms with Crippen LogP contribution in [0.3, 0.4) is 0 Å². The predicted molar refractivity (Wildman–Crippen MR) is 223 cm³/mol. The lowest BCUT2D eigenvalue weighted by Gasteiger charge is -2.11. The second kappa shape index (κ2) is 11.1. The minimum absolute atomic E-state index is 0.863. The van der Waals surface area contributed by atoms with Gasteiger partial charge in [-0.3, -0.25) is 4.57 Å². The SMILES string of the molecule is c1ccc(-c2cccc(-n3c4ccc(-c5ccc6c(c5)c5c7ccccc7oc5n6-c5ccccc5)cc4c4cc5c(cc43)oc3ccccc35)c2)cc1. The molecule has 4 heterocycles. The van der Waals surface area contributed by atoms with Crippen LogP contribution in [-0.2, 0) is 0 Å². The monoisotopic (exact) mass is 690 g/mol. The van der Waals surface area contributed by atoms with E-state index in [1.165, 1.54) is 27.3 Å². The molecule has 4 heteroatoms. The van der Waals surface area contributed by atoms with Gasteiger partial charge in [-0.1, -0.05) is 109 Å². The van der Waals surface area contributed by atoms with Gasteiger partial charge in [0.15, 0.2) is 0 Å². The molecule has 0 spiro atoms. The molecule has 0 radical (unpaired) electrons. The first kappa shape index (κ1) is 29.3. The Hall–Kier alpha value is -7.30. The molecule has 0 saturated carbocycles. The summed E-state index contributed by atoms with van der Waals surface area (Å²) in [4.78, 5) is 0. The fourth-order valence-corrected chi connectivity index (χ4v) is 8.65. The van der Waals surface area contributed by atoms with Gasteiger partial charge in [-0.2, -0.15) is 0 Å². The lowest BCUT2D eigenvalue weighted by Crippen LogP contribution is -1.94. The van der Waals surface area contributed by atoms with Crippen LogP contribution in [0.4, 0.5) is 0 Å². The zero-order valence-corrected chi connectivity index (χ0v) is 29.0. The van der Waals surface area contributed by atoms with Gasteiger partial charge in [-0.15, -0.1) is 0 Å². The van der Waals surface area contributed by atoms with Crippen molar-refractivity contribution in [2.45, 2.75) is 0 Å². The Morgan fingerprint density at radius 1 is 0.296 bits per heavy atom. The van der Waals surface area contributed by atoms with Crippen LogP contribution >= 0.6 is 0 Å². The first-order chi connectivity index (χ1) is 26.8. The van der Waals surface area contributed by atoms with E-state index in [0.29, 0.717) is 0 Å². The van der Waals surface area contributed by atoms with Gasteiger partial charge in [0, 0.05) is 49.8 Å². The molecule has 0 amide bonds. The Morgan fingerprint density at radius 3 is 1.69 bits per heavy atom. The lowest BCUT2D eigenvalue weighted by atomic mass is 10.00. The van der Waals surface area contributed by atoms with Crippen LogP contribution in [0.1, 0.15) is 0 Å². The van der Waals surface area contributed by atoms with Crippen molar-refractivity contribution in [1.82, 2.24) is 9.13 Å². The molecule has 0 atom stereocenters. The topological polar surface area (TPSA) is 36.1 Å². The van der Waals surface area contributed by atoms with Crippen molar-refractivity contribution >= 4 is 76.7 Å². The molecule has 0 unspecified atom stereocenters. The zero-order valence-electron chi connectivity index (χ0n) is 29.0. The molecule has 12 aromatic rings. The van der Waals surface area contributed by atoms with Crippen molar-refractivity contribution in [2.75, 3.05) is 0 Å². The summed E-state index contributed by atoms with van der Waals surface area (Å²) in [6.07, 6.45) is 0. The predicted octanol–water partition coefficient (Wildman–Crippen LogP) is 13.9. The van der Waals surface area contributed by atoms with Crippen molar-refractivity contribution in [3.8, 4) is 33.6 Å². The summed E-state index contributed by atoms with van der Waals surface area (Å²) in [7, 11) is 0. The summed E-state index contributed by atoms with van der Waals surface area (Å²) in [6.45, 7) is 0. The molecule has 0 fully saturated rings. The molecule has 4 nitrogen and oxygen atoms in total. The highest BCUT2D eigenvalue weighted by molar-refractivity contribution is 6.21. The number of nitrogens with zero attached hydrogens (tertiary/aromatic N) is 2. The third kappa shape index (κ3) is 4.19. The normalized spacial score (nSPS) is 12.1. The van der Waals surface area contributed by atoms with Crippen LogP contribution in [0.5, 0.6) is 0 Å². The number of benzene rings is 8. The molecule has 0 N–H and O–H groups in total. The molecule has 4 aromatic heterocycles. The highest BCUT2D eigenvalue weighted by atomic mass is 16.3. The molecule has 0 saturated heterocycles. The summed E-state index contributed by atoms with van der Waals surface area (Å²) in [5.41, 5.74) is 13.8. The number of hydrogen-bond acceptors (Lipinski definition) is 2. The minimum Gasteiger partial charge on any atom is -0.456 e. The summed E-state index contributed by atoms with van der Waals surface area (Å²) in [6, 6.07) is 64.8. The quantitative estimate of drug-likeness (QED) is 0.184. The number of furan rings is 2. The van der Waals surface area contributed by atoms with Gasteiger partial charge in [-0.05, 0) is 89.0 Å². The number of fused-ring (bicyclic) bond motifs is 11. The Morgan fingerprint density at radius 2 is 0.889 bits per heavy atom. The van der Waals surface area contributed by atoms with E-state index in [-0.39, 0.29) is 0 Å². The van der Waals surface area contributed by atoms with Crippen molar-refractivity contribution in [3.63, 3.8) is 0 Å². The molecule has 0 aliphatic carbocycles. The largest absolute Gasteiger partial charge is 0.456 e. The summed E-state index contributed by atoms with van der Waals surface area (Å²) in [5.74, 6) is 0. The minimum atomic E-state index is 0.863. The van der Waals surface area contributed by atoms with Crippen LogP contribution in [0, 0.1) is 0 Å². The van der Waals surface area contributed by atoms with E-state index in [1.54, 1.807) is 0 Å². The molecule has 252 valence electrons. The van der Waals surface area contributed by atoms with Gasteiger partial charge in [0.05, 0.1) is 21.9 Å². The van der Waals surface area contributed by atoms with E-state index in [1.807, 2.05) is 12.1 Å². The molecule has 0 aliphatic heterocycles. The molecule has 12 rings (SSSR count). The van der Waals surface area contributed by atoms with Gasteiger partial charge >= 0.3 is 0 Å². The van der Waals surface area contributed by atoms with E-state index >= 15 is 0 Å². The van der Waals surface area contributed by atoms with Crippen LogP contribution < -0.4 is 0 Å². The second-order valence-corrected chi connectivity index (χ2v) is 14.1. The van der Waals surface area contributed by atoms with Gasteiger partial charge in [0.1, 0.15) is 16.7 Å². The van der Waals surface area contributed by atoms with Crippen molar-refractivity contribution in [3.05, 3.63) is 182 Å². The average molecular weight is 691 g/mol. The fraction of sp³-hybridized carbons (Fsp3) is 0.